The maximum Gasteiger partial charge on any atom is 0.186 e. The number of ketones is 2. The van der Waals surface area contributed by atoms with Crippen molar-refractivity contribution >= 4 is 17.1 Å². The van der Waals surface area contributed by atoms with Gasteiger partial charge in [0.05, 0.1) is 0 Å². The number of rotatable bonds is 2. The Morgan fingerprint density at radius 3 is 2.42 bits per heavy atom. The van der Waals surface area contributed by atoms with Crippen molar-refractivity contribution in [1.82, 2.24) is 0 Å². The molecule has 1 aliphatic carbocycles. The Balaban J connectivity index is 2.60. The van der Waals surface area contributed by atoms with Gasteiger partial charge in [-0.15, -0.1) is 0 Å². The van der Waals surface area contributed by atoms with Crippen molar-refractivity contribution in [2.24, 2.45) is 0 Å². The zero-order chi connectivity index (χ0) is 14.2. The lowest BCUT2D eigenvalue weighted by Gasteiger charge is -2.15. The number of phenolic OH excluding ortho intramolecular Hbond substituents is 1. The van der Waals surface area contributed by atoms with Gasteiger partial charge in [-0.3, -0.25) is 9.59 Å². The van der Waals surface area contributed by atoms with Crippen LogP contribution in [0.25, 0.3) is 5.57 Å². The molecule has 0 spiro atoms. The molecule has 1 aromatic rings. The Hall–Kier alpha value is -2.16. The summed E-state index contributed by atoms with van der Waals surface area (Å²) in [5.41, 5.74) is 2.66. The van der Waals surface area contributed by atoms with Crippen LogP contribution in [0.5, 0.6) is 5.75 Å². The van der Waals surface area contributed by atoms with Crippen LogP contribution in [0.3, 0.4) is 0 Å². The third kappa shape index (κ3) is 2.50. The standard InChI is InChI=1S/C16H16O3/c1-9(2)12-8-13(10(3)6-16(12)19)14-7-11(17)4-5-15(14)18/h4-9,19H,1-3H3. The van der Waals surface area contributed by atoms with E-state index < -0.39 is 0 Å². The highest BCUT2D eigenvalue weighted by atomic mass is 16.3. The van der Waals surface area contributed by atoms with Crippen LogP contribution in [-0.4, -0.2) is 16.7 Å². The van der Waals surface area contributed by atoms with E-state index in [2.05, 4.69) is 0 Å². The summed E-state index contributed by atoms with van der Waals surface area (Å²) in [4.78, 5) is 23.3. The van der Waals surface area contributed by atoms with Gasteiger partial charge in [0.1, 0.15) is 5.75 Å². The molecule has 98 valence electrons. The molecular formula is C16H16O3. The smallest absolute Gasteiger partial charge is 0.186 e. The van der Waals surface area contributed by atoms with Crippen molar-refractivity contribution < 1.29 is 14.7 Å². The third-order valence-corrected chi connectivity index (χ3v) is 3.24. The zero-order valence-electron chi connectivity index (χ0n) is 11.2. The maximum absolute atomic E-state index is 11.9. The number of aromatic hydroxyl groups is 1. The van der Waals surface area contributed by atoms with Crippen molar-refractivity contribution in [3.63, 3.8) is 0 Å². The van der Waals surface area contributed by atoms with Crippen LogP contribution < -0.4 is 0 Å². The minimum atomic E-state index is -0.187. The van der Waals surface area contributed by atoms with Crippen LogP contribution in [0.4, 0.5) is 0 Å². The van der Waals surface area contributed by atoms with Crippen LogP contribution in [0.15, 0.2) is 30.4 Å². The number of aryl methyl sites for hydroxylation is 1. The predicted octanol–water partition coefficient (Wildman–Crippen LogP) is 2.92. The lowest BCUT2D eigenvalue weighted by Crippen LogP contribution is -2.08. The van der Waals surface area contributed by atoms with Gasteiger partial charge in [0.25, 0.3) is 0 Å². The summed E-state index contributed by atoms with van der Waals surface area (Å²) in [6.45, 7) is 5.75. The first kappa shape index (κ1) is 13.3. The molecule has 0 aliphatic heterocycles. The van der Waals surface area contributed by atoms with E-state index in [0.29, 0.717) is 11.1 Å². The second-order valence-corrected chi connectivity index (χ2v) is 5.04. The molecule has 0 amide bonds. The van der Waals surface area contributed by atoms with E-state index in [4.69, 9.17) is 0 Å². The molecule has 1 N–H and O–H groups in total. The largest absolute Gasteiger partial charge is 0.508 e. The van der Waals surface area contributed by atoms with Gasteiger partial charge in [-0.1, -0.05) is 13.8 Å². The average Bonchev–Trinajstić information content (AvgIpc) is 2.32. The van der Waals surface area contributed by atoms with Gasteiger partial charge in [-0.2, -0.15) is 0 Å². The normalized spacial score (nSPS) is 15.1. The highest BCUT2D eigenvalue weighted by Crippen LogP contribution is 2.32. The lowest BCUT2D eigenvalue weighted by atomic mass is 9.89. The molecule has 0 saturated heterocycles. The number of carbonyl (C=O) groups is 2. The van der Waals surface area contributed by atoms with Gasteiger partial charge in [-0.05, 0) is 59.9 Å². The summed E-state index contributed by atoms with van der Waals surface area (Å²) >= 11 is 0. The van der Waals surface area contributed by atoms with Crippen molar-refractivity contribution in [2.75, 3.05) is 0 Å². The van der Waals surface area contributed by atoms with Crippen LogP contribution in [0.1, 0.15) is 36.5 Å². The molecule has 0 fully saturated rings. The van der Waals surface area contributed by atoms with Crippen LogP contribution in [0, 0.1) is 6.92 Å². The molecule has 0 radical (unpaired) electrons. The molecule has 1 aliphatic rings. The predicted molar refractivity (Wildman–Crippen MR) is 74.1 cm³/mol. The monoisotopic (exact) mass is 256 g/mol. The summed E-state index contributed by atoms with van der Waals surface area (Å²) in [6, 6.07) is 3.44. The quantitative estimate of drug-likeness (QED) is 0.828. The molecule has 3 heteroatoms. The minimum Gasteiger partial charge on any atom is -0.508 e. The van der Waals surface area contributed by atoms with E-state index in [-0.39, 0.29) is 23.2 Å². The van der Waals surface area contributed by atoms with E-state index >= 15 is 0 Å². The number of allylic oxidation sites excluding steroid dienone is 4. The first-order valence-corrected chi connectivity index (χ1v) is 6.22. The van der Waals surface area contributed by atoms with E-state index in [0.717, 1.165) is 11.1 Å². The maximum atomic E-state index is 11.9. The summed E-state index contributed by atoms with van der Waals surface area (Å²) in [5.74, 6) is 0.00290. The number of benzene rings is 1. The van der Waals surface area contributed by atoms with E-state index in [1.54, 1.807) is 12.1 Å². The van der Waals surface area contributed by atoms with Crippen LogP contribution in [-0.2, 0) is 9.59 Å². The minimum absolute atomic E-state index is 0.143. The molecule has 0 saturated carbocycles. The lowest BCUT2D eigenvalue weighted by molar-refractivity contribution is -0.113. The van der Waals surface area contributed by atoms with Crippen LogP contribution in [0.2, 0.25) is 0 Å². The van der Waals surface area contributed by atoms with Gasteiger partial charge in [0, 0.05) is 5.57 Å². The first-order chi connectivity index (χ1) is 8.90. The molecular weight excluding hydrogens is 240 g/mol. The van der Waals surface area contributed by atoms with Gasteiger partial charge in [-0.25, -0.2) is 0 Å². The van der Waals surface area contributed by atoms with Gasteiger partial charge in [0.15, 0.2) is 11.6 Å². The number of hydrogen-bond acceptors (Lipinski definition) is 3. The Morgan fingerprint density at radius 1 is 1.11 bits per heavy atom. The molecule has 0 unspecified atom stereocenters. The summed E-state index contributed by atoms with van der Waals surface area (Å²) in [5, 5.41) is 9.92. The summed E-state index contributed by atoms with van der Waals surface area (Å²) < 4.78 is 0. The number of phenols is 1. The third-order valence-electron chi connectivity index (χ3n) is 3.24. The van der Waals surface area contributed by atoms with E-state index in [9.17, 15) is 14.7 Å². The summed E-state index contributed by atoms with van der Waals surface area (Å²) in [7, 11) is 0. The fourth-order valence-electron chi connectivity index (χ4n) is 2.18. The van der Waals surface area contributed by atoms with Crippen molar-refractivity contribution in [1.29, 1.82) is 0 Å². The van der Waals surface area contributed by atoms with Crippen molar-refractivity contribution in [3.8, 4) is 5.75 Å². The van der Waals surface area contributed by atoms with Gasteiger partial charge >= 0.3 is 0 Å². The Morgan fingerprint density at radius 2 is 1.79 bits per heavy atom. The zero-order valence-corrected chi connectivity index (χ0v) is 11.2. The molecule has 0 atom stereocenters. The SMILES string of the molecule is Cc1cc(O)c(C(C)C)cc1C1=CC(=O)C=CC1=O. The topological polar surface area (TPSA) is 54.4 Å². The van der Waals surface area contributed by atoms with Crippen molar-refractivity contribution in [3.05, 3.63) is 47.1 Å². The number of carbonyl (C=O) groups excluding carboxylic acids is 2. The Labute approximate surface area is 112 Å². The molecule has 1 aromatic carbocycles. The number of hydrogen-bond donors (Lipinski definition) is 1. The average molecular weight is 256 g/mol. The van der Waals surface area contributed by atoms with Gasteiger partial charge in [0.2, 0.25) is 0 Å². The molecule has 0 bridgehead atoms. The van der Waals surface area contributed by atoms with E-state index in [1.165, 1.54) is 18.2 Å². The Bertz CT molecular complexity index is 619. The van der Waals surface area contributed by atoms with E-state index in [1.807, 2.05) is 20.8 Å². The highest BCUT2D eigenvalue weighted by Gasteiger charge is 2.19. The summed E-state index contributed by atoms with van der Waals surface area (Å²) in [6.07, 6.45) is 3.91. The molecule has 3 nitrogen and oxygen atoms in total. The second kappa shape index (κ2) is 4.84. The highest BCUT2D eigenvalue weighted by molar-refractivity contribution is 6.34. The van der Waals surface area contributed by atoms with Gasteiger partial charge < -0.3 is 5.11 Å². The van der Waals surface area contributed by atoms with Crippen molar-refractivity contribution in [2.45, 2.75) is 26.7 Å². The molecule has 0 aromatic heterocycles. The first-order valence-electron chi connectivity index (χ1n) is 6.22. The van der Waals surface area contributed by atoms with Crippen LogP contribution >= 0.6 is 0 Å². The Kier molecular flexibility index (Phi) is 3.38. The fourth-order valence-corrected chi connectivity index (χ4v) is 2.18. The molecule has 0 heterocycles. The fraction of sp³-hybridized carbons (Fsp3) is 0.250. The molecule has 2 rings (SSSR count). The molecule has 19 heavy (non-hydrogen) atoms. The second-order valence-electron chi connectivity index (χ2n) is 5.04.